The van der Waals surface area contributed by atoms with E-state index in [0.717, 1.165) is 35.6 Å². The quantitative estimate of drug-likeness (QED) is 0.520. The van der Waals surface area contributed by atoms with E-state index in [9.17, 15) is 13.2 Å². The standard InChI is InChI=1S/C24H34N2O4S/c1-5-7-11-20(6-2)17-25-24(27)18-26(22-16-19(3)14-15-23(22)30-4)31(28,29)21-12-9-8-10-13-21/h8-10,12-16,20H,5-7,11,17-18H2,1-4H3,(H,25,27). The number of carbonyl (C=O) groups excluding carboxylic acids is 1. The van der Waals surface area contributed by atoms with Gasteiger partial charge in [-0.05, 0) is 49.1 Å². The number of nitrogens with zero attached hydrogens (tertiary/aromatic N) is 1. The Morgan fingerprint density at radius 2 is 1.84 bits per heavy atom. The lowest BCUT2D eigenvalue weighted by Gasteiger charge is -2.26. The van der Waals surface area contributed by atoms with Crippen molar-refractivity contribution < 1.29 is 17.9 Å². The van der Waals surface area contributed by atoms with Gasteiger partial charge in [-0.2, -0.15) is 0 Å². The molecule has 0 aliphatic carbocycles. The Bertz CT molecular complexity index is 945. The van der Waals surface area contributed by atoms with Gasteiger partial charge in [0, 0.05) is 6.54 Å². The molecule has 31 heavy (non-hydrogen) atoms. The van der Waals surface area contributed by atoms with Gasteiger partial charge in [-0.25, -0.2) is 8.42 Å². The second kappa shape index (κ2) is 11.7. The van der Waals surface area contributed by atoms with Crippen molar-refractivity contribution in [3.05, 3.63) is 54.1 Å². The zero-order valence-corrected chi connectivity index (χ0v) is 19.7. The predicted octanol–water partition coefficient (Wildman–Crippen LogP) is 4.53. The molecule has 1 unspecified atom stereocenters. The molecule has 0 heterocycles. The summed E-state index contributed by atoms with van der Waals surface area (Å²) in [7, 11) is -2.48. The third kappa shape index (κ3) is 6.72. The predicted molar refractivity (Wildman–Crippen MR) is 125 cm³/mol. The van der Waals surface area contributed by atoms with Crippen LogP contribution in [0.4, 0.5) is 5.69 Å². The minimum atomic E-state index is -3.96. The highest BCUT2D eigenvalue weighted by atomic mass is 32.2. The summed E-state index contributed by atoms with van der Waals surface area (Å²) in [5.74, 6) is 0.446. The third-order valence-corrected chi connectivity index (χ3v) is 7.13. The number of unbranched alkanes of at least 4 members (excludes halogenated alkanes) is 1. The number of benzene rings is 2. The molecule has 1 atom stereocenters. The molecule has 2 rings (SSSR count). The van der Waals surface area contributed by atoms with Gasteiger partial charge in [0.1, 0.15) is 12.3 Å². The average Bonchev–Trinajstić information content (AvgIpc) is 2.78. The van der Waals surface area contributed by atoms with E-state index in [-0.39, 0.29) is 17.3 Å². The number of anilines is 1. The SMILES string of the molecule is CCCCC(CC)CNC(=O)CN(c1cc(C)ccc1OC)S(=O)(=O)c1ccccc1. The van der Waals surface area contributed by atoms with Crippen LogP contribution in [0, 0.1) is 12.8 Å². The number of hydrogen-bond acceptors (Lipinski definition) is 4. The first-order valence-electron chi connectivity index (χ1n) is 10.8. The molecule has 0 fully saturated rings. The molecule has 2 aromatic carbocycles. The number of nitrogens with one attached hydrogen (secondary N) is 1. The van der Waals surface area contributed by atoms with E-state index in [1.807, 2.05) is 13.0 Å². The van der Waals surface area contributed by atoms with Gasteiger partial charge in [0.2, 0.25) is 5.91 Å². The molecule has 0 saturated heterocycles. The zero-order chi connectivity index (χ0) is 22.9. The molecular weight excluding hydrogens is 412 g/mol. The molecule has 0 aromatic heterocycles. The lowest BCUT2D eigenvalue weighted by atomic mass is 9.99. The van der Waals surface area contributed by atoms with Gasteiger partial charge < -0.3 is 10.1 Å². The zero-order valence-electron chi connectivity index (χ0n) is 18.9. The molecule has 6 nitrogen and oxygen atoms in total. The van der Waals surface area contributed by atoms with E-state index >= 15 is 0 Å². The fourth-order valence-corrected chi connectivity index (χ4v) is 4.85. The molecule has 0 radical (unpaired) electrons. The van der Waals surface area contributed by atoms with Gasteiger partial charge >= 0.3 is 0 Å². The monoisotopic (exact) mass is 446 g/mol. The summed E-state index contributed by atoms with van der Waals surface area (Å²) in [6.45, 7) is 6.35. The van der Waals surface area contributed by atoms with E-state index in [2.05, 4.69) is 19.2 Å². The number of amides is 1. The van der Waals surface area contributed by atoms with E-state index in [1.54, 1.807) is 30.3 Å². The van der Waals surface area contributed by atoms with Crippen LogP contribution in [0.1, 0.15) is 45.1 Å². The van der Waals surface area contributed by atoms with Crippen LogP contribution >= 0.6 is 0 Å². The van der Waals surface area contributed by atoms with Gasteiger partial charge in [0.15, 0.2) is 0 Å². The largest absolute Gasteiger partial charge is 0.495 e. The second-order valence-corrected chi connectivity index (χ2v) is 9.58. The number of ether oxygens (including phenoxy) is 1. The van der Waals surface area contributed by atoms with Crippen LogP contribution in [0.2, 0.25) is 0 Å². The van der Waals surface area contributed by atoms with E-state index in [4.69, 9.17) is 4.74 Å². The molecule has 0 spiro atoms. The first-order valence-corrected chi connectivity index (χ1v) is 12.3. The highest BCUT2D eigenvalue weighted by molar-refractivity contribution is 7.92. The Morgan fingerprint density at radius 3 is 2.45 bits per heavy atom. The Labute approximate surface area is 186 Å². The van der Waals surface area contributed by atoms with Crippen molar-refractivity contribution in [2.45, 2.75) is 51.3 Å². The minimum absolute atomic E-state index is 0.126. The molecule has 1 amide bonds. The van der Waals surface area contributed by atoms with Crippen LogP contribution in [0.15, 0.2) is 53.4 Å². The summed E-state index contributed by atoms with van der Waals surface area (Å²) in [4.78, 5) is 13.0. The van der Waals surface area contributed by atoms with Crippen LogP contribution in [0.3, 0.4) is 0 Å². The summed E-state index contributed by atoms with van der Waals surface area (Å²) < 4.78 is 33.5. The van der Waals surface area contributed by atoms with Gasteiger partial charge in [0.25, 0.3) is 10.0 Å². The maximum Gasteiger partial charge on any atom is 0.264 e. The highest BCUT2D eigenvalue weighted by Gasteiger charge is 2.29. The second-order valence-electron chi connectivity index (χ2n) is 7.72. The maximum absolute atomic E-state index is 13.5. The molecule has 0 aliphatic rings. The Kier molecular flexibility index (Phi) is 9.37. The third-order valence-electron chi connectivity index (χ3n) is 5.35. The van der Waals surface area contributed by atoms with Crippen molar-refractivity contribution in [2.24, 2.45) is 5.92 Å². The molecule has 0 aliphatic heterocycles. The van der Waals surface area contributed by atoms with Crippen molar-refractivity contribution in [3.63, 3.8) is 0 Å². The Hall–Kier alpha value is -2.54. The number of methoxy groups -OCH3 is 1. The molecule has 2 aromatic rings. The topological polar surface area (TPSA) is 75.7 Å². The van der Waals surface area contributed by atoms with Crippen LogP contribution in [0.25, 0.3) is 0 Å². The van der Waals surface area contributed by atoms with Crippen LogP contribution in [0.5, 0.6) is 5.75 Å². The average molecular weight is 447 g/mol. The van der Waals surface area contributed by atoms with Crippen LogP contribution in [-0.4, -0.2) is 34.5 Å². The number of aryl methyl sites for hydroxylation is 1. The van der Waals surface area contributed by atoms with Crippen molar-refractivity contribution in [2.75, 3.05) is 24.5 Å². The first kappa shape index (κ1) is 24.7. The molecule has 7 heteroatoms. The van der Waals surface area contributed by atoms with E-state index < -0.39 is 10.0 Å². The van der Waals surface area contributed by atoms with E-state index in [1.165, 1.54) is 19.2 Å². The lowest BCUT2D eigenvalue weighted by molar-refractivity contribution is -0.119. The van der Waals surface area contributed by atoms with Gasteiger partial charge in [-0.3, -0.25) is 9.10 Å². The Morgan fingerprint density at radius 1 is 1.13 bits per heavy atom. The number of carbonyl (C=O) groups is 1. The number of hydrogen-bond donors (Lipinski definition) is 1. The minimum Gasteiger partial charge on any atom is -0.495 e. The van der Waals surface area contributed by atoms with Gasteiger partial charge in [-0.15, -0.1) is 0 Å². The summed E-state index contributed by atoms with van der Waals surface area (Å²) in [5, 5.41) is 2.93. The van der Waals surface area contributed by atoms with Gasteiger partial charge in [0.05, 0.1) is 17.7 Å². The summed E-state index contributed by atoms with van der Waals surface area (Å²) >= 11 is 0. The van der Waals surface area contributed by atoms with Crippen molar-refractivity contribution >= 4 is 21.6 Å². The highest BCUT2D eigenvalue weighted by Crippen LogP contribution is 2.33. The smallest absolute Gasteiger partial charge is 0.264 e. The van der Waals surface area contributed by atoms with Crippen LogP contribution < -0.4 is 14.4 Å². The number of sulfonamides is 1. The van der Waals surface area contributed by atoms with Crippen molar-refractivity contribution in [3.8, 4) is 5.75 Å². The Balaban J connectivity index is 2.33. The molecule has 0 bridgehead atoms. The summed E-state index contributed by atoms with van der Waals surface area (Å²) in [5.41, 5.74) is 1.22. The summed E-state index contributed by atoms with van der Waals surface area (Å²) in [6, 6.07) is 13.4. The molecule has 170 valence electrons. The fraction of sp³-hybridized carbons (Fsp3) is 0.458. The van der Waals surface area contributed by atoms with Crippen molar-refractivity contribution in [1.29, 1.82) is 0 Å². The molecular formula is C24H34N2O4S. The fourth-order valence-electron chi connectivity index (χ4n) is 3.40. The number of rotatable bonds is 12. The van der Waals surface area contributed by atoms with E-state index in [0.29, 0.717) is 23.9 Å². The van der Waals surface area contributed by atoms with Crippen LogP contribution in [-0.2, 0) is 14.8 Å². The normalized spacial score (nSPS) is 12.3. The lowest BCUT2D eigenvalue weighted by Crippen LogP contribution is -2.42. The molecule has 0 saturated carbocycles. The maximum atomic E-state index is 13.5. The van der Waals surface area contributed by atoms with Crippen molar-refractivity contribution in [1.82, 2.24) is 5.32 Å². The van der Waals surface area contributed by atoms with Gasteiger partial charge in [-0.1, -0.05) is 57.4 Å². The first-order chi connectivity index (χ1) is 14.8. The summed E-state index contributed by atoms with van der Waals surface area (Å²) in [6.07, 6.45) is 4.24. The molecule has 1 N–H and O–H groups in total.